The Labute approximate surface area is 157 Å². The predicted octanol–water partition coefficient (Wildman–Crippen LogP) is 1.91. The van der Waals surface area contributed by atoms with E-state index in [1.807, 2.05) is 4.90 Å². The lowest BCUT2D eigenvalue weighted by Gasteiger charge is -2.36. The topological polar surface area (TPSA) is 122 Å². The van der Waals surface area contributed by atoms with Gasteiger partial charge in [-0.25, -0.2) is 4.79 Å². The number of carbonyl (C=O) groups excluding carboxylic acids is 1. The number of ether oxygens (including phenoxy) is 1. The second kappa shape index (κ2) is 8.81. The zero-order valence-corrected chi connectivity index (χ0v) is 15.7. The van der Waals surface area contributed by atoms with Gasteiger partial charge >= 0.3 is 5.97 Å². The maximum Gasteiger partial charge on any atom is 0.334 e. The van der Waals surface area contributed by atoms with E-state index in [-0.39, 0.29) is 17.8 Å². The van der Waals surface area contributed by atoms with Gasteiger partial charge in [0, 0.05) is 31.8 Å². The number of nitro benzene ring substituents is 1. The Kier molecular flexibility index (Phi) is 6.73. The molecule has 0 aliphatic carbocycles. The van der Waals surface area contributed by atoms with Crippen LogP contribution in [0, 0.1) is 22.0 Å². The zero-order valence-electron chi connectivity index (χ0n) is 15.7. The summed E-state index contributed by atoms with van der Waals surface area (Å²) in [5, 5.41) is 22.9. The summed E-state index contributed by atoms with van der Waals surface area (Å²) in [6.45, 7) is 5.45. The quantitative estimate of drug-likeness (QED) is 0.548. The Bertz CT molecular complexity index is 713. The van der Waals surface area contributed by atoms with E-state index in [2.05, 4.69) is 19.2 Å². The fourth-order valence-corrected chi connectivity index (χ4v) is 3.50. The molecule has 9 heteroatoms. The molecule has 1 aliphatic rings. The van der Waals surface area contributed by atoms with Crippen LogP contribution in [-0.2, 0) is 9.53 Å². The highest BCUT2D eigenvalue weighted by Gasteiger charge is 2.28. The Morgan fingerprint density at radius 1 is 1.37 bits per heavy atom. The van der Waals surface area contributed by atoms with Crippen molar-refractivity contribution in [3.63, 3.8) is 0 Å². The number of nitrogens with zero attached hydrogens (tertiary/aromatic N) is 2. The molecule has 1 amide bonds. The first kappa shape index (κ1) is 20.6. The van der Waals surface area contributed by atoms with Crippen molar-refractivity contribution < 1.29 is 24.4 Å². The first-order valence-electron chi connectivity index (χ1n) is 8.80. The van der Waals surface area contributed by atoms with Crippen molar-refractivity contribution in [3.8, 4) is 0 Å². The van der Waals surface area contributed by atoms with Crippen LogP contribution in [0.4, 0.5) is 11.4 Å². The van der Waals surface area contributed by atoms with Gasteiger partial charge in [0.15, 0.2) is 6.10 Å². The summed E-state index contributed by atoms with van der Waals surface area (Å²) in [6.07, 6.45) is -0.103. The van der Waals surface area contributed by atoms with E-state index >= 15 is 0 Å². The third-order valence-electron chi connectivity index (χ3n) is 4.65. The summed E-state index contributed by atoms with van der Waals surface area (Å²) in [5.74, 6) is -0.933. The number of carboxylic acid groups (broad SMARTS) is 1. The molecule has 1 aromatic carbocycles. The van der Waals surface area contributed by atoms with Crippen molar-refractivity contribution in [3.05, 3.63) is 33.9 Å². The van der Waals surface area contributed by atoms with Crippen molar-refractivity contribution in [2.75, 3.05) is 31.6 Å². The van der Waals surface area contributed by atoms with Crippen LogP contribution in [0.5, 0.6) is 0 Å². The van der Waals surface area contributed by atoms with Gasteiger partial charge in [-0.1, -0.05) is 13.8 Å². The Balaban J connectivity index is 2.20. The number of amides is 1. The first-order valence-corrected chi connectivity index (χ1v) is 8.80. The maximum absolute atomic E-state index is 12.3. The number of methoxy groups -OCH3 is 1. The van der Waals surface area contributed by atoms with Crippen LogP contribution >= 0.6 is 0 Å². The van der Waals surface area contributed by atoms with Gasteiger partial charge < -0.3 is 20.1 Å². The predicted molar refractivity (Wildman–Crippen MR) is 99.0 cm³/mol. The second-order valence-corrected chi connectivity index (χ2v) is 7.08. The molecule has 0 radical (unpaired) electrons. The molecule has 9 nitrogen and oxygen atoms in total. The van der Waals surface area contributed by atoms with Gasteiger partial charge in [-0.05, 0) is 30.4 Å². The summed E-state index contributed by atoms with van der Waals surface area (Å²) in [4.78, 5) is 36.2. The van der Waals surface area contributed by atoms with Gasteiger partial charge in [0.05, 0.1) is 11.5 Å². The maximum atomic E-state index is 12.3. The average Bonchev–Trinajstić information content (AvgIpc) is 2.60. The highest BCUT2D eigenvalue weighted by Crippen LogP contribution is 2.33. The Hall–Kier alpha value is -2.68. The van der Waals surface area contributed by atoms with E-state index in [1.54, 1.807) is 6.07 Å². The Morgan fingerprint density at radius 2 is 2.00 bits per heavy atom. The molecule has 0 saturated carbocycles. The van der Waals surface area contributed by atoms with Gasteiger partial charge in [-0.15, -0.1) is 0 Å². The molecule has 1 fully saturated rings. The molecule has 1 saturated heterocycles. The fourth-order valence-electron chi connectivity index (χ4n) is 3.50. The van der Waals surface area contributed by atoms with Crippen LogP contribution in [0.25, 0.3) is 0 Å². The number of nitrogens with one attached hydrogen (secondary N) is 1. The lowest BCUT2D eigenvalue weighted by atomic mass is 9.91. The molecule has 0 aromatic heterocycles. The number of benzene rings is 1. The fraction of sp³-hybridized carbons (Fsp3) is 0.556. The molecule has 3 unspecified atom stereocenters. The number of piperidine rings is 1. The van der Waals surface area contributed by atoms with Gasteiger partial charge in [0.1, 0.15) is 5.69 Å². The van der Waals surface area contributed by atoms with Crippen LogP contribution in [0.3, 0.4) is 0 Å². The molecule has 1 aromatic rings. The largest absolute Gasteiger partial charge is 0.479 e. The molecule has 0 bridgehead atoms. The molecule has 1 aliphatic heterocycles. The summed E-state index contributed by atoms with van der Waals surface area (Å²) in [5.41, 5.74) is 0.463. The van der Waals surface area contributed by atoms with Crippen LogP contribution in [-0.4, -0.2) is 54.8 Å². The van der Waals surface area contributed by atoms with Crippen molar-refractivity contribution in [2.45, 2.75) is 26.4 Å². The van der Waals surface area contributed by atoms with E-state index < -0.39 is 22.9 Å². The first-order chi connectivity index (χ1) is 12.7. The zero-order chi connectivity index (χ0) is 20.1. The number of anilines is 1. The molecule has 1 heterocycles. The SMILES string of the molecule is COC(CNC(=O)c1ccc(N2CC(C)CC(C)C2)c([N+](=O)[O-])c1)C(=O)O. The van der Waals surface area contributed by atoms with Crippen LogP contribution in [0.1, 0.15) is 30.6 Å². The van der Waals surface area contributed by atoms with E-state index in [0.29, 0.717) is 17.5 Å². The van der Waals surface area contributed by atoms with Gasteiger partial charge in [0.25, 0.3) is 11.6 Å². The molecular formula is C18H25N3O6. The van der Waals surface area contributed by atoms with Crippen molar-refractivity contribution in [1.29, 1.82) is 0 Å². The molecule has 2 N–H and O–H groups in total. The van der Waals surface area contributed by atoms with Crippen LogP contribution in [0.15, 0.2) is 18.2 Å². The molecule has 2 rings (SSSR count). The third kappa shape index (κ3) is 5.16. The van der Waals surface area contributed by atoms with Gasteiger partial charge in [0.2, 0.25) is 0 Å². The minimum Gasteiger partial charge on any atom is -0.479 e. The number of hydrogen-bond acceptors (Lipinski definition) is 6. The highest BCUT2D eigenvalue weighted by atomic mass is 16.6. The van der Waals surface area contributed by atoms with Crippen molar-refractivity contribution in [1.82, 2.24) is 5.32 Å². The number of aliphatic carboxylic acids is 1. The van der Waals surface area contributed by atoms with Gasteiger partial charge in [-0.2, -0.15) is 0 Å². The number of carboxylic acids is 1. The standard InChI is InChI=1S/C18H25N3O6/c1-11-6-12(2)10-20(9-11)14-5-4-13(7-15(14)21(25)26)17(22)19-8-16(27-3)18(23)24/h4-5,7,11-12,16H,6,8-10H2,1-3H3,(H,19,22)(H,23,24). The minimum atomic E-state index is -1.20. The highest BCUT2D eigenvalue weighted by molar-refractivity contribution is 5.96. The smallest absolute Gasteiger partial charge is 0.334 e. The number of hydrogen-bond donors (Lipinski definition) is 2. The lowest BCUT2D eigenvalue weighted by molar-refractivity contribution is -0.384. The monoisotopic (exact) mass is 379 g/mol. The molecular weight excluding hydrogens is 354 g/mol. The molecule has 0 spiro atoms. The van der Waals surface area contributed by atoms with Crippen molar-refractivity contribution >= 4 is 23.3 Å². The molecule has 3 atom stereocenters. The summed E-state index contributed by atoms with van der Waals surface area (Å²) in [7, 11) is 1.23. The molecule has 148 valence electrons. The number of nitro groups is 1. The lowest BCUT2D eigenvalue weighted by Crippen LogP contribution is -2.39. The van der Waals surface area contributed by atoms with Crippen molar-refractivity contribution in [2.24, 2.45) is 11.8 Å². The number of carbonyl (C=O) groups is 2. The number of rotatable bonds is 7. The summed E-state index contributed by atoms with van der Waals surface area (Å²) in [6, 6.07) is 4.34. The van der Waals surface area contributed by atoms with E-state index in [4.69, 9.17) is 9.84 Å². The summed E-state index contributed by atoms with van der Waals surface area (Å²) < 4.78 is 4.75. The van der Waals surface area contributed by atoms with Crippen LogP contribution in [0.2, 0.25) is 0 Å². The second-order valence-electron chi connectivity index (χ2n) is 7.08. The van der Waals surface area contributed by atoms with E-state index in [1.165, 1.54) is 19.2 Å². The molecule has 27 heavy (non-hydrogen) atoms. The summed E-state index contributed by atoms with van der Waals surface area (Å²) >= 11 is 0. The normalized spacial score (nSPS) is 20.8. The van der Waals surface area contributed by atoms with E-state index in [9.17, 15) is 19.7 Å². The van der Waals surface area contributed by atoms with E-state index in [0.717, 1.165) is 19.5 Å². The Morgan fingerprint density at radius 3 is 2.52 bits per heavy atom. The van der Waals surface area contributed by atoms with Crippen LogP contribution < -0.4 is 10.2 Å². The third-order valence-corrected chi connectivity index (χ3v) is 4.65. The minimum absolute atomic E-state index is 0.101. The van der Waals surface area contributed by atoms with Gasteiger partial charge in [-0.3, -0.25) is 14.9 Å². The average molecular weight is 379 g/mol.